The average molecular weight is 138 g/mol. The lowest BCUT2D eigenvalue weighted by atomic mass is 10.7. The SMILES string of the molecule is CCOC=Nn1cccc1. The molecule has 0 atom stereocenters. The van der Waals surface area contributed by atoms with E-state index >= 15 is 0 Å². The standard InChI is InChI=1S/C7H10N2O/c1-2-10-7-8-9-5-3-4-6-9/h3-7H,2H2,1H3. The highest BCUT2D eigenvalue weighted by molar-refractivity contribution is 5.45. The Bertz CT molecular complexity index is 191. The van der Waals surface area contributed by atoms with E-state index in [9.17, 15) is 0 Å². The van der Waals surface area contributed by atoms with Gasteiger partial charge in [0, 0.05) is 12.4 Å². The van der Waals surface area contributed by atoms with Crippen molar-refractivity contribution in [3.8, 4) is 0 Å². The van der Waals surface area contributed by atoms with E-state index in [-0.39, 0.29) is 0 Å². The van der Waals surface area contributed by atoms with Crippen LogP contribution in [0.15, 0.2) is 29.6 Å². The van der Waals surface area contributed by atoms with Gasteiger partial charge in [-0.05, 0) is 19.1 Å². The largest absolute Gasteiger partial charge is 0.482 e. The van der Waals surface area contributed by atoms with Gasteiger partial charge in [-0.25, -0.2) is 4.68 Å². The average Bonchev–Trinajstić information content (AvgIpc) is 2.41. The molecule has 0 N–H and O–H groups in total. The van der Waals surface area contributed by atoms with Crippen molar-refractivity contribution in [2.45, 2.75) is 6.92 Å². The van der Waals surface area contributed by atoms with E-state index in [0.29, 0.717) is 6.61 Å². The number of rotatable bonds is 3. The second-order valence-electron chi connectivity index (χ2n) is 1.74. The quantitative estimate of drug-likeness (QED) is 0.457. The van der Waals surface area contributed by atoms with Gasteiger partial charge in [-0.1, -0.05) is 0 Å². The molecule has 3 nitrogen and oxygen atoms in total. The first-order valence-electron chi connectivity index (χ1n) is 3.21. The highest BCUT2D eigenvalue weighted by Gasteiger charge is 1.77. The van der Waals surface area contributed by atoms with Crippen molar-refractivity contribution in [1.82, 2.24) is 4.68 Å². The minimum Gasteiger partial charge on any atom is -0.482 e. The summed E-state index contributed by atoms with van der Waals surface area (Å²) in [6.07, 6.45) is 5.12. The number of ether oxygens (including phenoxy) is 1. The van der Waals surface area contributed by atoms with E-state index in [1.165, 1.54) is 6.40 Å². The van der Waals surface area contributed by atoms with E-state index in [1.54, 1.807) is 4.68 Å². The number of aromatic nitrogens is 1. The lowest BCUT2D eigenvalue weighted by Crippen LogP contribution is -1.88. The second kappa shape index (κ2) is 3.71. The third-order valence-electron chi connectivity index (χ3n) is 1.01. The van der Waals surface area contributed by atoms with E-state index in [2.05, 4.69) is 5.10 Å². The molecule has 0 aliphatic rings. The molecule has 0 radical (unpaired) electrons. The van der Waals surface area contributed by atoms with Crippen LogP contribution in [0, 0.1) is 0 Å². The lowest BCUT2D eigenvalue weighted by Gasteiger charge is -1.91. The highest BCUT2D eigenvalue weighted by Crippen LogP contribution is 1.86. The molecule has 0 saturated heterocycles. The molecule has 0 saturated carbocycles. The molecule has 0 bridgehead atoms. The molecular formula is C7H10N2O. The first-order chi connectivity index (χ1) is 4.93. The topological polar surface area (TPSA) is 26.5 Å². The van der Waals surface area contributed by atoms with Crippen molar-refractivity contribution in [3.63, 3.8) is 0 Å². The van der Waals surface area contributed by atoms with Gasteiger partial charge in [-0.2, -0.15) is 0 Å². The maximum absolute atomic E-state index is 4.89. The van der Waals surface area contributed by atoms with E-state index < -0.39 is 0 Å². The predicted molar refractivity (Wildman–Crippen MR) is 39.9 cm³/mol. The van der Waals surface area contributed by atoms with E-state index in [1.807, 2.05) is 31.5 Å². The Labute approximate surface area is 59.9 Å². The Balaban J connectivity index is 2.40. The third kappa shape index (κ3) is 1.93. The smallest absolute Gasteiger partial charge is 0.193 e. The molecule has 1 heterocycles. The van der Waals surface area contributed by atoms with Crippen LogP contribution in [0.1, 0.15) is 6.92 Å². The first-order valence-corrected chi connectivity index (χ1v) is 3.21. The van der Waals surface area contributed by atoms with Gasteiger partial charge < -0.3 is 4.74 Å². The van der Waals surface area contributed by atoms with Crippen LogP contribution in [0.2, 0.25) is 0 Å². The van der Waals surface area contributed by atoms with Gasteiger partial charge in [0.25, 0.3) is 0 Å². The first kappa shape index (κ1) is 6.86. The summed E-state index contributed by atoms with van der Waals surface area (Å²) in [5.74, 6) is 0. The maximum atomic E-state index is 4.89. The fourth-order valence-electron chi connectivity index (χ4n) is 0.565. The van der Waals surface area contributed by atoms with Crippen molar-refractivity contribution >= 4 is 6.40 Å². The fraction of sp³-hybridized carbons (Fsp3) is 0.286. The Hall–Kier alpha value is -1.25. The minimum absolute atomic E-state index is 0.658. The van der Waals surface area contributed by atoms with Gasteiger partial charge in [0.2, 0.25) is 0 Å². The molecular weight excluding hydrogens is 128 g/mol. The molecule has 10 heavy (non-hydrogen) atoms. The predicted octanol–water partition coefficient (Wildman–Crippen LogP) is 1.32. The summed E-state index contributed by atoms with van der Waals surface area (Å²) in [5.41, 5.74) is 0. The molecule has 54 valence electrons. The molecule has 3 heteroatoms. The Morgan fingerprint density at radius 1 is 1.50 bits per heavy atom. The summed E-state index contributed by atoms with van der Waals surface area (Å²) in [5, 5.41) is 3.93. The molecule has 0 spiro atoms. The van der Waals surface area contributed by atoms with E-state index in [4.69, 9.17) is 4.74 Å². The molecule has 1 aromatic rings. The Kier molecular flexibility index (Phi) is 2.55. The number of nitrogens with zero attached hydrogens (tertiary/aromatic N) is 2. The third-order valence-corrected chi connectivity index (χ3v) is 1.01. The van der Waals surface area contributed by atoms with Crippen LogP contribution < -0.4 is 0 Å². The van der Waals surface area contributed by atoms with E-state index in [0.717, 1.165) is 0 Å². The monoisotopic (exact) mass is 138 g/mol. The van der Waals surface area contributed by atoms with Crippen LogP contribution in [0.4, 0.5) is 0 Å². The highest BCUT2D eigenvalue weighted by atomic mass is 16.5. The van der Waals surface area contributed by atoms with Gasteiger partial charge in [0.15, 0.2) is 6.40 Å². The normalized spacial score (nSPS) is 10.5. The van der Waals surface area contributed by atoms with Crippen LogP contribution in [0.5, 0.6) is 0 Å². The molecule has 1 rings (SSSR count). The summed E-state index contributed by atoms with van der Waals surface area (Å²) < 4.78 is 6.57. The van der Waals surface area contributed by atoms with Gasteiger partial charge >= 0.3 is 0 Å². The molecule has 1 aromatic heterocycles. The van der Waals surface area contributed by atoms with Gasteiger partial charge in [0.1, 0.15) is 0 Å². The Morgan fingerprint density at radius 3 is 2.80 bits per heavy atom. The summed E-state index contributed by atoms with van der Waals surface area (Å²) in [6.45, 7) is 2.58. The second-order valence-corrected chi connectivity index (χ2v) is 1.74. The Morgan fingerprint density at radius 2 is 2.20 bits per heavy atom. The van der Waals surface area contributed by atoms with Crippen LogP contribution in [-0.4, -0.2) is 17.7 Å². The molecule has 0 fully saturated rings. The summed E-state index contributed by atoms with van der Waals surface area (Å²) in [7, 11) is 0. The van der Waals surface area contributed by atoms with Gasteiger partial charge in [-0.3, -0.25) is 0 Å². The number of hydrogen-bond donors (Lipinski definition) is 0. The summed E-state index contributed by atoms with van der Waals surface area (Å²) >= 11 is 0. The van der Waals surface area contributed by atoms with Crippen LogP contribution in [0.25, 0.3) is 0 Å². The minimum atomic E-state index is 0.658. The van der Waals surface area contributed by atoms with Crippen molar-refractivity contribution in [2.24, 2.45) is 5.10 Å². The fourth-order valence-corrected chi connectivity index (χ4v) is 0.565. The van der Waals surface area contributed by atoms with Crippen LogP contribution in [0.3, 0.4) is 0 Å². The van der Waals surface area contributed by atoms with Crippen molar-refractivity contribution < 1.29 is 4.74 Å². The summed E-state index contributed by atoms with van der Waals surface area (Å²) in [4.78, 5) is 0. The zero-order valence-electron chi connectivity index (χ0n) is 5.90. The van der Waals surface area contributed by atoms with Gasteiger partial charge in [-0.15, -0.1) is 5.10 Å². The van der Waals surface area contributed by atoms with Crippen molar-refractivity contribution in [2.75, 3.05) is 6.61 Å². The van der Waals surface area contributed by atoms with Gasteiger partial charge in [0.05, 0.1) is 6.61 Å². The maximum Gasteiger partial charge on any atom is 0.193 e. The number of hydrogen-bond acceptors (Lipinski definition) is 2. The molecule has 0 unspecified atom stereocenters. The molecule has 0 aliphatic carbocycles. The van der Waals surface area contributed by atoms with Crippen LogP contribution in [-0.2, 0) is 4.74 Å². The molecule has 0 aliphatic heterocycles. The molecule has 0 aromatic carbocycles. The van der Waals surface area contributed by atoms with Crippen molar-refractivity contribution in [1.29, 1.82) is 0 Å². The zero-order chi connectivity index (χ0) is 7.23. The van der Waals surface area contributed by atoms with Crippen LogP contribution >= 0.6 is 0 Å². The molecule has 0 amide bonds. The summed E-state index contributed by atoms with van der Waals surface area (Å²) in [6, 6.07) is 3.81. The van der Waals surface area contributed by atoms with Crippen molar-refractivity contribution in [3.05, 3.63) is 24.5 Å². The lowest BCUT2D eigenvalue weighted by molar-refractivity contribution is 0.340. The zero-order valence-corrected chi connectivity index (χ0v) is 5.90.